The minimum absolute atomic E-state index is 0.332. The van der Waals surface area contributed by atoms with E-state index in [1.54, 1.807) is 22.9 Å². The van der Waals surface area contributed by atoms with E-state index < -0.39 is 24.0 Å². The van der Waals surface area contributed by atoms with E-state index in [0.717, 1.165) is 21.5 Å². The maximum Gasteiger partial charge on any atom is 0.349 e. The number of imide groups is 1. The summed E-state index contributed by atoms with van der Waals surface area (Å²) >= 11 is 7.14. The summed E-state index contributed by atoms with van der Waals surface area (Å²) in [6, 6.07) is 8.11. The second-order valence-corrected chi connectivity index (χ2v) is 7.57. The number of nitrogens with one attached hydrogen (secondary N) is 1. The number of urea groups is 1. The van der Waals surface area contributed by atoms with Crippen LogP contribution in [0.1, 0.15) is 27.9 Å². The van der Waals surface area contributed by atoms with E-state index in [0.29, 0.717) is 16.4 Å². The number of thiophene rings is 1. The lowest BCUT2D eigenvalue weighted by molar-refractivity contribution is -0.127. The van der Waals surface area contributed by atoms with Gasteiger partial charge in [0, 0.05) is 10.4 Å². The van der Waals surface area contributed by atoms with Gasteiger partial charge < -0.3 is 10.5 Å². The molecule has 3 aromatic rings. The van der Waals surface area contributed by atoms with E-state index in [4.69, 9.17) is 22.1 Å². The van der Waals surface area contributed by atoms with Gasteiger partial charge in [0.15, 0.2) is 6.10 Å². The van der Waals surface area contributed by atoms with Gasteiger partial charge in [0.1, 0.15) is 9.71 Å². The zero-order valence-corrected chi connectivity index (χ0v) is 16.6. The molecule has 2 heterocycles. The number of carbonyl (C=O) groups is 3. The second kappa shape index (κ2) is 7.99. The Labute approximate surface area is 169 Å². The number of fused-ring (bicyclic) bond motifs is 1. The Morgan fingerprint density at radius 2 is 2.00 bits per heavy atom. The molecule has 1 atom stereocenters. The number of halogens is 1. The van der Waals surface area contributed by atoms with Gasteiger partial charge in [-0.05, 0) is 37.6 Å². The van der Waals surface area contributed by atoms with Crippen LogP contribution in [0.4, 0.5) is 4.79 Å². The van der Waals surface area contributed by atoms with Crippen molar-refractivity contribution in [2.24, 2.45) is 5.73 Å². The van der Waals surface area contributed by atoms with Crippen LogP contribution in [0.5, 0.6) is 0 Å². The third kappa shape index (κ3) is 4.32. The molecule has 0 aliphatic rings. The average molecular weight is 421 g/mol. The summed E-state index contributed by atoms with van der Waals surface area (Å²) in [4.78, 5) is 35.9. The van der Waals surface area contributed by atoms with Crippen molar-refractivity contribution in [3.63, 3.8) is 0 Å². The van der Waals surface area contributed by atoms with Crippen LogP contribution in [0.3, 0.4) is 0 Å². The number of carbonyl (C=O) groups excluding carboxylic acids is 3. The zero-order chi connectivity index (χ0) is 20.4. The van der Waals surface area contributed by atoms with Crippen molar-refractivity contribution >= 4 is 51.1 Å². The zero-order valence-electron chi connectivity index (χ0n) is 15.1. The number of aromatic nitrogens is 2. The Balaban J connectivity index is 1.80. The predicted molar refractivity (Wildman–Crippen MR) is 106 cm³/mol. The molecule has 2 aromatic heterocycles. The van der Waals surface area contributed by atoms with Crippen LogP contribution in [-0.2, 0) is 16.1 Å². The first-order chi connectivity index (χ1) is 13.2. The lowest BCUT2D eigenvalue weighted by atomic mass is 10.2. The fraction of sp³-hybridized carbons (Fsp3) is 0.222. The van der Waals surface area contributed by atoms with Gasteiger partial charge in [0.2, 0.25) is 0 Å². The smallest absolute Gasteiger partial charge is 0.349 e. The number of hydrogen-bond acceptors (Lipinski definition) is 6. The van der Waals surface area contributed by atoms with Gasteiger partial charge >= 0.3 is 12.0 Å². The molecule has 10 heteroatoms. The van der Waals surface area contributed by atoms with E-state index in [1.807, 2.05) is 24.4 Å². The van der Waals surface area contributed by atoms with Crippen LogP contribution in [-0.4, -0.2) is 33.8 Å². The van der Waals surface area contributed by atoms with E-state index in [9.17, 15) is 14.4 Å². The van der Waals surface area contributed by atoms with Crippen molar-refractivity contribution in [2.45, 2.75) is 26.5 Å². The summed E-state index contributed by atoms with van der Waals surface area (Å²) < 4.78 is 6.92. The van der Waals surface area contributed by atoms with Gasteiger partial charge in [-0.25, -0.2) is 9.59 Å². The van der Waals surface area contributed by atoms with Crippen LogP contribution >= 0.6 is 22.9 Å². The Hall–Kier alpha value is -2.91. The third-order valence-corrected chi connectivity index (χ3v) is 5.33. The lowest BCUT2D eigenvalue weighted by Crippen LogP contribution is -2.42. The van der Waals surface area contributed by atoms with E-state index in [-0.39, 0.29) is 0 Å². The summed E-state index contributed by atoms with van der Waals surface area (Å²) in [5.41, 5.74) is 6.68. The van der Waals surface area contributed by atoms with Gasteiger partial charge in [-0.15, -0.1) is 11.3 Å². The number of benzene rings is 1. The SMILES string of the molecule is Cc1nn(Cc2ccc(Cl)cc2)c2sc(C(=O)OC(C)C(=O)NC(N)=O)cc12. The monoisotopic (exact) mass is 420 g/mol. The van der Waals surface area contributed by atoms with Crippen molar-refractivity contribution in [1.82, 2.24) is 15.1 Å². The quantitative estimate of drug-likeness (QED) is 0.615. The number of esters is 1. The molecule has 3 N–H and O–H groups in total. The van der Waals surface area contributed by atoms with Crippen LogP contribution in [0.15, 0.2) is 30.3 Å². The molecule has 0 aliphatic carbocycles. The minimum atomic E-state index is -1.16. The number of ether oxygens (including phenoxy) is 1. The van der Waals surface area contributed by atoms with Crippen molar-refractivity contribution < 1.29 is 19.1 Å². The second-order valence-electron chi connectivity index (χ2n) is 6.10. The van der Waals surface area contributed by atoms with Crippen LogP contribution in [0.2, 0.25) is 5.02 Å². The predicted octanol–water partition coefficient (Wildman–Crippen LogP) is 2.85. The van der Waals surface area contributed by atoms with Gasteiger partial charge in [-0.1, -0.05) is 23.7 Å². The molecule has 146 valence electrons. The summed E-state index contributed by atoms with van der Waals surface area (Å²) in [7, 11) is 0. The largest absolute Gasteiger partial charge is 0.448 e. The summed E-state index contributed by atoms with van der Waals surface area (Å²) in [5, 5.41) is 7.88. The van der Waals surface area contributed by atoms with Gasteiger partial charge in [0.05, 0.1) is 12.2 Å². The highest BCUT2D eigenvalue weighted by atomic mass is 35.5. The Morgan fingerprint density at radius 1 is 1.32 bits per heavy atom. The highest BCUT2D eigenvalue weighted by molar-refractivity contribution is 7.20. The summed E-state index contributed by atoms with van der Waals surface area (Å²) in [5.74, 6) is -1.45. The topological polar surface area (TPSA) is 116 Å². The standard InChI is InChI=1S/C18H17ClN4O4S/c1-9-13-7-14(17(25)27-10(2)15(24)21-18(20)26)28-16(13)23(22-9)8-11-3-5-12(19)6-4-11/h3-7,10H,8H2,1-2H3,(H3,20,21,24,26). The normalized spacial score (nSPS) is 12.0. The molecule has 8 nitrogen and oxygen atoms in total. The average Bonchev–Trinajstić information content (AvgIpc) is 3.18. The number of rotatable bonds is 5. The van der Waals surface area contributed by atoms with Gasteiger partial charge in [-0.3, -0.25) is 14.8 Å². The Kier molecular flexibility index (Phi) is 5.66. The fourth-order valence-electron chi connectivity index (χ4n) is 2.58. The van der Waals surface area contributed by atoms with Crippen LogP contribution in [0.25, 0.3) is 10.2 Å². The van der Waals surface area contributed by atoms with Crippen molar-refractivity contribution in [1.29, 1.82) is 0 Å². The molecule has 0 aliphatic heterocycles. The van der Waals surface area contributed by atoms with E-state index in [1.165, 1.54) is 18.3 Å². The molecule has 0 saturated heterocycles. The number of nitrogens with two attached hydrogens (primary N) is 1. The number of nitrogens with zero attached hydrogens (tertiary/aromatic N) is 2. The number of primary amides is 1. The van der Waals surface area contributed by atoms with Crippen LogP contribution in [0, 0.1) is 6.92 Å². The van der Waals surface area contributed by atoms with Gasteiger partial charge in [0.25, 0.3) is 5.91 Å². The molecule has 0 radical (unpaired) electrons. The van der Waals surface area contributed by atoms with Gasteiger partial charge in [-0.2, -0.15) is 5.10 Å². The van der Waals surface area contributed by atoms with E-state index in [2.05, 4.69) is 5.10 Å². The maximum absolute atomic E-state index is 12.4. The van der Waals surface area contributed by atoms with E-state index >= 15 is 0 Å². The van der Waals surface area contributed by atoms with Crippen molar-refractivity contribution in [2.75, 3.05) is 0 Å². The summed E-state index contributed by atoms with van der Waals surface area (Å²) in [6.45, 7) is 3.73. The fourth-order valence-corrected chi connectivity index (χ4v) is 3.75. The van der Waals surface area contributed by atoms with Crippen molar-refractivity contribution in [3.8, 4) is 0 Å². The molecule has 0 saturated carbocycles. The molecule has 0 spiro atoms. The number of hydrogen-bond donors (Lipinski definition) is 2. The number of amides is 3. The first-order valence-corrected chi connectivity index (χ1v) is 9.46. The molecular formula is C18H17ClN4O4S. The third-order valence-electron chi connectivity index (χ3n) is 3.95. The molecule has 0 fully saturated rings. The molecule has 28 heavy (non-hydrogen) atoms. The molecule has 1 unspecified atom stereocenters. The highest BCUT2D eigenvalue weighted by Gasteiger charge is 2.23. The Bertz CT molecular complexity index is 1060. The number of aryl methyl sites for hydroxylation is 1. The molecule has 1 aromatic carbocycles. The molecule has 3 amide bonds. The molecular weight excluding hydrogens is 404 g/mol. The minimum Gasteiger partial charge on any atom is -0.448 e. The highest BCUT2D eigenvalue weighted by Crippen LogP contribution is 2.29. The molecule has 3 rings (SSSR count). The maximum atomic E-state index is 12.4. The Morgan fingerprint density at radius 3 is 2.64 bits per heavy atom. The van der Waals surface area contributed by atoms with Crippen LogP contribution < -0.4 is 11.1 Å². The first kappa shape index (κ1) is 19.8. The van der Waals surface area contributed by atoms with Crippen molar-refractivity contribution in [3.05, 3.63) is 51.5 Å². The lowest BCUT2D eigenvalue weighted by Gasteiger charge is -2.10. The summed E-state index contributed by atoms with van der Waals surface area (Å²) in [6.07, 6.45) is -1.16. The first-order valence-electron chi connectivity index (χ1n) is 8.27. The molecule has 0 bridgehead atoms.